The van der Waals surface area contributed by atoms with E-state index in [1.54, 1.807) is 0 Å². The summed E-state index contributed by atoms with van der Waals surface area (Å²) in [7, 11) is 0. The number of allylic oxidation sites excluding steroid dienone is 2. The molecule has 22 heteroatoms. The van der Waals surface area contributed by atoms with E-state index in [0.717, 1.165) is 50.7 Å². The van der Waals surface area contributed by atoms with Gasteiger partial charge in [0.2, 0.25) is 0 Å². The van der Waals surface area contributed by atoms with Crippen LogP contribution in [0.25, 0.3) is 0 Å². The largest absolute Gasteiger partial charge is 0.494 e. The summed E-state index contributed by atoms with van der Waals surface area (Å²) in [6.45, 7) is 8.81. The molecule has 7 fully saturated rings. The fourth-order valence-electron chi connectivity index (χ4n) is 14.5. The van der Waals surface area contributed by atoms with Gasteiger partial charge in [0.1, 0.15) is 97.7 Å². The van der Waals surface area contributed by atoms with Crippen LogP contribution in [0.2, 0.25) is 0 Å². The summed E-state index contributed by atoms with van der Waals surface area (Å²) in [5.41, 5.74) is 2.53. The van der Waals surface area contributed by atoms with Crippen molar-refractivity contribution in [2.45, 2.75) is 227 Å². The molecule has 5 aliphatic heterocycles. The first-order valence-electron chi connectivity index (χ1n) is 26.5. The van der Waals surface area contributed by atoms with Gasteiger partial charge in [-0.3, -0.25) is 0 Å². The second-order valence-corrected chi connectivity index (χ2v) is 23.3. The Morgan fingerprint density at radius 2 is 1.23 bits per heavy atom. The van der Waals surface area contributed by atoms with E-state index in [-0.39, 0.29) is 29.5 Å². The van der Waals surface area contributed by atoms with Crippen molar-refractivity contribution in [3.8, 4) is 0 Å². The number of aliphatic hydroxyl groups excluding tert-OH is 13. The highest BCUT2D eigenvalue weighted by Crippen LogP contribution is 2.69. The lowest BCUT2D eigenvalue weighted by Gasteiger charge is -2.58. The lowest BCUT2D eigenvalue weighted by atomic mass is 9.47. The van der Waals surface area contributed by atoms with Crippen molar-refractivity contribution in [1.29, 1.82) is 0 Å². The average Bonchev–Trinajstić information content (AvgIpc) is 3.86. The molecule has 29 unspecified atom stereocenters. The molecule has 0 bridgehead atoms. The van der Waals surface area contributed by atoms with Crippen LogP contribution in [0, 0.1) is 40.4 Å². The highest BCUT2D eigenvalue weighted by atomic mass is 16.8. The predicted molar refractivity (Wildman–Crippen MR) is 249 cm³/mol. The first-order valence-corrected chi connectivity index (χ1v) is 26.5. The molecule has 418 valence electrons. The maximum absolute atomic E-state index is 12.1. The van der Waals surface area contributed by atoms with Crippen LogP contribution in [0.1, 0.15) is 92.4 Å². The van der Waals surface area contributed by atoms with E-state index in [4.69, 9.17) is 42.6 Å². The molecule has 0 aromatic rings. The zero-order valence-corrected chi connectivity index (χ0v) is 42.3. The van der Waals surface area contributed by atoms with Crippen LogP contribution < -0.4 is 0 Å². The van der Waals surface area contributed by atoms with Crippen LogP contribution in [-0.2, 0) is 42.6 Å². The van der Waals surface area contributed by atoms with Gasteiger partial charge in [0, 0.05) is 12.3 Å². The molecule has 0 spiro atoms. The average molecular weight is 1050 g/mol. The molecule has 9 rings (SSSR count). The normalized spacial score (nSPS) is 52.4. The number of hydrogen-bond donors (Lipinski definition) is 13. The number of aliphatic hydroxyl groups is 13. The van der Waals surface area contributed by atoms with Gasteiger partial charge in [0.15, 0.2) is 25.2 Å². The van der Waals surface area contributed by atoms with E-state index in [9.17, 15) is 66.4 Å². The SMILES string of the molecule is CC1=C(CCC(C)COC2OC(CO)C(O)C(O)C2O)OC2CC3C4CC=C5CC(OC6OC(CO)C(OC7OC(CO)C(O)C(O)C7O)C(O)C6OC6OC(C)C(O)C(O)C6O)CCC5(C)C4CCC3(C)C12. The van der Waals surface area contributed by atoms with E-state index in [0.29, 0.717) is 36.5 Å². The van der Waals surface area contributed by atoms with E-state index >= 15 is 0 Å². The maximum atomic E-state index is 12.1. The van der Waals surface area contributed by atoms with Gasteiger partial charge < -0.3 is 109 Å². The van der Waals surface area contributed by atoms with Crippen molar-refractivity contribution < 1.29 is 109 Å². The molecule has 4 saturated heterocycles. The van der Waals surface area contributed by atoms with E-state index in [2.05, 4.69) is 26.8 Å². The molecule has 29 atom stereocenters. The maximum Gasteiger partial charge on any atom is 0.187 e. The van der Waals surface area contributed by atoms with Crippen molar-refractivity contribution >= 4 is 0 Å². The zero-order valence-electron chi connectivity index (χ0n) is 42.3. The summed E-state index contributed by atoms with van der Waals surface area (Å²) < 4.78 is 54.6. The summed E-state index contributed by atoms with van der Waals surface area (Å²) in [5, 5.41) is 136. The highest BCUT2D eigenvalue weighted by Gasteiger charge is 2.64. The Morgan fingerprint density at radius 1 is 0.644 bits per heavy atom. The van der Waals surface area contributed by atoms with Gasteiger partial charge in [0.25, 0.3) is 0 Å². The fraction of sp³-hybridized carbons (Fsp3) is 0.922. The Morgan fingerprint density at radius 3 is 1.89 bits per heavy atom. The molecule has 0 amide bonds. The lowest BCUT2D eigenvalue weighted by Crippen LogP contribution is -2.67. The number of hydrogen-bond acceptors (Lipinski definition) is 22. The van der Waals surface area contributed by atoms with Gasteiger partial charge in [-0.2, -0.15) is 0 Å². The Balaban J connectivity index is 0.852. The van der Waals surface area contributed by atoms with Crippen molar-refractivity contribution in [1.82, 2.24) is 0 Å². The lowest BCUT2D eigenvalue weighted by molar-refractivity contribution is -0.389. The number of rotatable bonds is 15. The Kier molecular flexibility index (Phi) is 17.2. The van der Waals surface area contributed by atoms with Gasteiger partial charge in [0.05, 0.1) is 44.4 Å². The summed E-state index contributed by atoms with van der Waals surface area (Å²) in [5.74, 6) is 2.73. The Hall–Kier alpha value is -1.56. The topological polar surface area (TPSA) is 346 Å². The van der Waals surface area contributed by atoms with Gasteiger partial charge in [-0.05, 0) is 105 Å². The summed E-state index contributed by atoms with van der Waals surface area (Å²) in [6, 6.07) is 0. The standard InChI is InChI=1S/C51H82O22/c1-20(19-65-46-40(61)38(59)35(56)30(16-52)69-46)6-9-28-21(2)33-29(68-28)15-27-25-8-7-23-14-24(10-12-50(23,4)26(25)11-13-51(27,33)5)67-49-45(73-47-41(62)37(58)34(55)22(3)66-47)43(64)44(32(18-54)71-49)72-48-42(63)39(60)36(57)31(17-53)70-48/h7,20,22,24-27,29-49,52-64H,6,8-19H2,1-5H3. The quantitative estimate of drug-likeness (QED) is 0.0785. The van der Waals surface area contributed by atoms with Crippen molar-refractivity contribution in [2.24, 2.45) is 40.4 Å². The fourth-order valence-corrected chi connectivity index (χ4v) is 14.5. The molecule has 9 aliphatic rings. The Bertz CT molecular complexity index is 1940. The molecule has 0 aromatic heterocycles. The summed E-state index contributed by atoms with van der Waals surface area (Å²) >= 11 is 0. The molecule has 73 heavy (non-hydrogen) atoms. The third kappa shape index (κ3) is 10.2. The molecule has 3 saturated carbocycles. The van der Waals surface area contributed by atoms with E-state index < -0.39 is 149 Å². The second-order valence-electron chi connectivity index (χ2n) is 23.3. The van der Waals surface area contributed by atoms with Crippen LogP contribution in [-0.4, -0.2) is 228 Å². The van der Waals surface area contributed by atoms with Crippen LogP contribution in [0.5, 0.6) is 0 Å². The molecule has 0 aromatic carbocycles. The first-order chi connectivity index (χ1) is 34.6. The highest BCUT2D eigenvalue weighted by molar-refractivity contribution is 5.30. The molecule has 5 heterocycles. The van der Waals surface area contributed by atoms with Crippen molar-refractivity contribution in [3.63, 3.8) is 0 Å². The molecular weight excluding hydrogens is 965 g/mol. The second kappa shape index (κ2) is 22.3. The molecular formula is C51H82O22. The smallest absolute Gasteiger partial charge is 0.187 e. The Labute approximate surface area is 425 Å². The summed E-state index contributed by atoms with van der Waals surface area (Å²) in [6.07, 6.45) is -20.5. The van der Waals surface area contributed by atoms with Crippen molar-refractivity contribution in [3.05, 3.63) is 23.0 Å². The summed E-state index contributed by atoms with van der Waals surface area (Å²) in [4.78, 5) is 0. The van der Waals surface area contributed by atoms with Gasteiger partial charge >= 0.3 is 0 Å². The zero-order chi connectivity index (χ0) is 52.6. The third-order valence-electron chi connectivity index (χ3n) is 18.9. The molecule has 22 nitrogen and oxygen atoms in total. The predicted octanol–water partition coefficient (Wildman–Crippen LogP) is -2.06. The van der Waals surface area contributed by atoms with E-state index in [1.807, 2.05) is 6.92 Å². The number of fused-ring (bicyclic) bond motifs is 7. The van der Waals surface area contributed by atoms with Crippen LogP contribution in [0.4, 0.5) is 0 Å². The monoisotopic (exact) mass is 1050 g/mol. The minimum absolute atomic E-state index is 0.0564. The first kappa shape index (κ1) is 56.2. The third-order valence-corrected chi connectivity index (χ3v) is 18.9. The van der Waals surface area contributed by atoms with Gasteiger partial charge in [-0.25, -0.2) is 0 Å². The molecule has 13 N–H and O–H groups in total. The van der Waals surface area contributed by atoms with Gasteiger partial charge in [-0.15, -0.1) is 0 Å². The molecule has 4 aliphatic carbocycles. The molecule has 0 radical (unpaired) electrons. The van der Waals surface area contributed by atoms with Crippen LogP contribution >= 0.6 is 0 Å². The van der Waals surface area contributed by atoms with E-state index in [1.165, 1.54) is 18.1 Å². The minimum atomic E-state index is -1.84. The van der Waals surface area contributed by atoms with Crippen molar-refractivity contribution in [2.75, 3.05) is 26.4 Å². The van der Waals surface area contributed by atoms with Crippen LogP contribution in [0.15, 0.2) is 23.0 Å². The van der Waals surface area contributed by atoms with Gasteiger partial charge in [-0.1, -0.05) is 32.4 Å². The van der Waals surface area contributed by atoms with Crippen LogP contribution in [0.3, 0.4) is 0 Å². The minimum Gasteiger partial charge on any atom is -0.494 e. The number of ether oxygens (including phenoxy) is 9.